The Labute approximate surface area is 364 Å². The molecule has 8 aromatic carbocycles. The van der Waals surface area contributed by atoms with Crippen molar-refractivity contribution in [3.8, 4) is 78.7 Å². The minimum absolute atomic E-state index is 0.0724. The molecule has 288 valence electrons. The molecule has 0 fully saturated rings. The van der Waals surface area contributed by atoms with Gasteiger partial charge in [-0.3, -0.25) is 0 Å². The van der Waals surface area contributed by atoms with Crippen molar-refractivity contribution in [1.29, 1.82) is 0 Å². The van der Waals surface area contributed by atoms with Crippen LogP contribution in [0.4, 0.5) is 0 Å². The molecule has 4 nitrogen and oxygen atoms in total. The SMILES string of the molecule is C1=CI=CC(c2ccc(-c3nc(-c4cc(-c5cccc(-c6ccccc6)c5)cc(-c5cccc(-c6ccccc6)c5)c4)nc(-c4cccc5c4oc4ccccc45)n3)cc2)=C1. The first-order chi connectivity index (χ1) is 30.2. The van der Waals surface area contributed by atoms with Crippen LogP contribution in [0.1, 0.15) is 5.56 Å². The van der Waals surface area contributed by atoms with Crippen LogP contribution in [0, 0.1) is 0 Å². The van der Waals surface area contributed by atoms with E-state index < -0.39 is 0 Å². The fourth-order valence-corrected chi connectivity index (χ4v) is 9.69. The lowest BCUT2D eigenvalue weighted by molar-refractivity contribution is 0.669. The normalized spacial score (nSPS) is 12.4. The van der Waals surface area contributed by atoms with E-state index in [-0.39, 0.29) is 20.7 Å². The number of hydrogen-bond donors (Lipinski definition) is 0. The molecule has 10 aromatic rings. The molecule has 61 heavy (non-hydrogen) atoms. The van der Waals surface area contributed by atoms with Crippen LogP contribution in [-0.4, -0.2) is 19.0 Å². The summed E-state index contributed by atoms with van der Waals surface area (Å²) < 4.78 is 11.2. The highest BCUT2D eigenvalue weighted by Crippen LogP contribution is 2.38. The van der Waals surface area contributed by atoms with E-state index in [0.717, 1.165) is 72.0 Å². The van der Waals surface area contributed by atoms with Gasteiger partial charge in [0.15, 0.2) is 17.5 Å². The summed E-state index contributed by atoms with van der Waals surface area (Å²) in [6.45, 7) is 0. The van der Waals surface area contributed by atoms with E-state index in [1.807, 2.05) is 24.3 Å². The number of fused-ring (bicyclic) bond motifs is 3. The van der Waals surface area contributed by atoms with E-state index >= 15 is 0 Å². The molecule has 3 heterocycles. The second kappa shape index (κ2) is 16.0. The molecule has 0 spiro atoms. The smallest absolute Gasteiger partial charge is 0.167 e. The van der Waals surface area contributed by atoms with Crippen LogP contribution >= 0.6 is 20.7 Å². The van der Waals surface area contributed by atoms with Crippen molar-refractivity contribution in [1.82, 2.24) is 15.0 Å². The van der Waals surface area contributed by atoms with Gasteiger partial charge in [-0.15, -0.1) is 0 Å². The van der Waals surface area contributed by atoms with Gasteiger partial charge in [-0.1, -0.05) is 185 Å². The Balaban J connectivity index is 1.12. The van der Waals surface area contributed by atoms with Crippen molar-refractivity contribution < 1.29 is 4.42 Å². The van der Waals surface area contributed by atoms with Crippen LogP contribution in [0.15, 0.2) is 215 Å². The van der Waals surface area contributed by atoms with Crippen LogP contribution in [0.25, 0.3) is 106 Å². The number of hydrogen-bond acceptors (Lipinski definition) is 4. The van der Waals surface area contributed by atoms with Gasteiger partial charge < -0.3 is 4.42 Å². The average Bonchev–Trinajstić information content (AvgIpc) is 3.74. The summed E-state index contributed by atoms with van der Waals surface area (Å²) >= 11 is -0.0724. The molecule has 0 saturated heterocycles. The Morgan fingerprint density at radius 1 is 0.361 bits per heavy atom. The lowest BCUT2D eigenvalue weighted by atomic mass is 9.92. The predicted octanol–water partition coefficient (Wildman–Crippen LogP) is 15.1. The topological polar surface area (TPSA) is 51.8 Å². The third-order valence-electron chi connectivity index (χ3n) is 11.2. The monoisotopic (exact) mass is 893 g/mol. The van der Waals surface area contributed by atoms with Gasteiger partial charge >= 0.3 is 0 Å². The molecule has 0 aliphatic carbocycles. The number of benzene rings is 8. The van der Waals surface area contributed by atoms with Gasteiger partial charge in [0.25, 0.3) is 0 Å². The lowest BCUT2D eigenvalue weighted by Crippen LogP contribution is -2.01. The van der Waals surface area contributed by atoms with Gasteiger partial charge in [-0.2, -0.15) is 0 Å². The van der Waals surface area contributed by atoms with Gasteiger partial charge in [-0.25, -0.2) is 15.0 Å². The van der Waals surface area contributed by atoms with Crippen LogP contribution in [-0.2, 0) is 0 Å². The molecule has 0 N–H and O–H groups in total. The molecule has 2 aromatic heterocycles. The first-order valence-corrected chi connectivity index (χ1v) is 22.8. The number of furan rings is 1. The van der Waals surface area contributed by atoms with Gasteiger partial charge in [-0.05, 0) is 106 Å². The van der Waals surface area contributed by atoms with E-state index in [1.165, 1.54) is 22.3 Å². The minimum atomic E-state index is -0.0724. The molecule has 0 radical (unpaired) electrons. The Bertz CT molecular complexity index is 3250. The van der Waals surface area contributed by atoms with Crippen LogP contribution in [0.3, 0.4) is 0 Å². The van der Waals surface area contributed by atoms with E-state index in [4.69, 9.17) is 19.4 Å². The van der Waals surface area contributed by atoms with Crippen LogP contribution in [0.5, 0.6) is 0 Å². The van der Waals surface area contributed by atoms with Crippen molar-refractivity contribution in [2.75, 3.05) is 0 Å². The van der Waals surface area contributed by atoms with Crippen LogP contribution < -0.4 is 0 Å². The van der Waals surface area contributed by atoms with E-state index in [9.17, 15) is 0 Å². The minimum Gasteiger partial charge on any atom is -0.455 e. The summed E-state index contributed by atoms with van der Waals surface area (Å²) in [5, 5.41) is 2.08. The second-order valence-electron chi connectivity index (χ2n) is 15.0. The van der Waals surface area contributed by atoms with Crippen molar-refractivity contribution in [3.63, 3.8) is 0 Å². The average molecular weight is 894 g/mol. The fourth-order valence-electron chi connectivity index (χ4n) is 8.08. The van der Waals surface area contributed by atoms with Crippen molar-refractivity contribution >= 4 is 52.3 Å². The fraction of sp³-hybridized carbons (Fsp3) is 0. The number of aromatic nitrogens is 3. The summed E-state index contributed by atoms with van der Waals surface area (Å²) in [4.78, 5) is 15.8. The Hall–Kier alpha value is -7.35. The van der Waals surface area contributed by atoms with Crippen molar-refractivity contribution in [2.45, 2.75) is 0 Å². The van der Waals surface area contributed by atoms with Crippen molar-refractivity contribution in [3.05, 3.63) is 216 Å². The highest BCUT2D eigenvalue weighted by Gasteiger charge is 2.19. The molecule has 0 unspecified atom stereocenters. The summed E-state index contributed by atoms with van der Waals surface area (Å²) in [7, 11) is 0. The highest BCUT2D eigenvalue weighted by molar-refractivity contribution is 14.2. The number of para-hydroxylation sites is 2. The van der Waals surface area contributed by atoms with E-state index in [1.54, 1.807) is 0 Å². The Morgan fingerprint density at radius 2 is 0.852 bits per heavy atom. The molecule has 0 amide bonds. The summed E-state index contributed by atoms with van der Waals surface area (Å²) in [6, 6.07) is 68.2. The molecule has 1 aliphatic rings. The third-order valence-corrected chi connectivity index (χ3v) is 13.0. The zero-order valence-electron chi connectivity index (χ0n) is 32.9. The molecular weight excluding hydrogens is 858 g/mol. The number of halogens is 1. The van der Waals surface area contributed by atoms with Gasteiger partial charge in [0.05, 0.1) is 5.56 Å². The molecule has 1 aliphatic heterocycles. The Kier molecular flexibility index (Phi) is 9.64. The number of allylic oxidation sites excluding steroid dienone is 3. The zero-order valence-corrected chi connectivity index (χ0v) is 35.1. The zero-order chi connectivity index (χ0) is 40.5. The quantitative estimate of drug-likeness (QED) is 0.143. The molecule has 0 bridgehead atoms. The number of rotatable bonds is 8. The van der Waals surface area contributed by atoms with Crippen LogP contribution in [0.2, 0.25) is 0 Å². The molecule has 11 rings (SSSR count). The van der Waals surface area contributed by atoms with Gasteiger partial charge in [0, 0.05) is 21.9 Å². The standard InChI is InChI=1S/C56H36IN3O/c1-3-13-37(14-4-1)41-17-9-19-43(31-41)46-33-47(44-20-10-18-42(32-44)38-15-5-2-6-16-38)35-48(34-46)55-58-54(40-28-26-39(27-29-40)45-21-12-30-57-36-45)59-56(60-55)51-24-11-23-50-49-22-7-8-25-52(49)61-53(50)51/h1-36H. The lowest BCUT2D eigenvalue weighted by Gasteiger charge is -2.14. The van der Waals surface area contributed by atoms with Gasteiger partial charge in [0.2, 0.25) is 0 Å². The number of nitrogens with zero attached hydrogens (tertiary/aromatic N) is 3. The molecule has 0 atom stereocenters. The second-order valence-corrected chi connectivity index (χ2v) is 17.1. The van der Waals surface area contributed by atoms with E-state index in [0.29, 0.717) is 17.5 Å². The first-order valence-electron chi connectivity index (χ1n) is 20.3. The maximum Gasteiger partial charge on any atom is 0.167 e. The summed E-state index contributed by atoms with van der Waals surface area (Å²) in [5.74, 6) is 1.73. The first kappa shape index (κ1) is 36.7. The summed E-state index contributed by atoms with van der Waals surface area (Å²) in [6.07, 6.45) is 4.35. The largest absolute Gasteiger partial charge is 0.455 e. The maximum absolute atomic E-state index is 6.55. The molecule has 5 heteroatoms. The predicted molar refractivity (Wildman–Crippen MR) is 262 cm³/mol. The Morgan fingerprint density at radius 3 is 1.49 bits per heavy atom. The highest BCUT2D eigenvalue weighted by atomic mass is 127. The van der Waals surface area contributed by atoms with Crippen molar-refractivity contribution in [2.24, 2.45) is 0 Å². The maximum atomic E-state index is 6.55. The van der Waals surface area contributed by atoms with E-state index in [2.05, 4.69) is 190 Å². The third kappa shape index (κ3) is 7.34. The van der Waals surface area contributed by atoms with Gasteiger partial charge in [0.1, 0.15) is 11.2 Å². The summed E-state index contributed by atoms with van der Waals surface area (Å²) in [5.41, 5.74) is 15.6. The molecule has 0 saturated carbocycles. The molecular formula is C56H36IN3O.